The molecule has 4 heteroatoms. The molecule has 1 aliphatic heterocycles. The van der Waals surface area contributed by atoms with E-state index >= 15 is 0 Å². The standard InChI is InChI=1S/C17H21F2NO/c18-14-8-6-7-13(15(14)19)16(21)17(9-2-3-10-17)20-11-4-1-5-12-20/h6-8H,1-5,9-12H2. The van der Waals surface area contributed by atoms with E-state index in [1.807, 2.05) is 0 Å². The molecule has 0 unspecified atom stereocenters. The van der Waals surface area contributed by atoms with E-state index in [0.29, 0.717) is 0 Å². The molecule has 0 spiro atoms. The quantitative estimate of drug-likeness (QED) is 0.787. The monoisotopic (exact) mass is 293 g/mol. The fourth-order valence-corrected chi connectivity index (χ4v) is 3.90. The van der Waals surface area contributed by atoms with Crippen LogP contribution in [0.5, 0.6) is 0 Å². The van der Waals surface area contributed by atoms with Crippen LogP contribution in [-0.4, -0.2) is 29.3 Å². The summed E-state index contributed by atoms with van der Waals surface area (Å²) in [6.45, 7) is 1.78. The molecule has 0 aromatic heterocycles. The fraction of sp³-hybridized carbons (Fsp3) is 0.588. The molecule has 1 aromatic carbocycles. The minimum Gasteiger partial charge on any atom is -0.292 e. The zero-order valence-corrected chi connectivity index (χ0v) is 12.2. The molecule has 0 amide bonds. The highest BCUT2D eigenvalue weighted by Crippen LogP contribution is 2.40. The van der Waals surface area contributed by atoms with Gasteiger partial charge in [0, 0.05) is 0 Å². The molecule has 1 saturated heterocycles. The van der Waals surface area contributed by atoms with Gasteiger partial charge >= 0.3 is 0 Å². The van der Waals surface area contributed by atoms with E-state index in [0.717, 1.165) is 57.7 Å². The topological polar surface area (TPSA) is 20.3 Å². The van der Waals surface area contributed by atoms with Crippen LogP contribution in [0.1, 0.15) is 55.3 Å². The van der Waals surface area contributed by atoms with Gasteiger partial charge in [-0.2, -0.15) is 0 Å². The second-order valence-corrected chi connectivity index (χ2v) is 6.22. The highest BCUT2D eigenvalue weighted by atomic mass is 19.2. The molecular formula is C17H21F2NO. The van der Waals surface area contributed by atoms with E-state index in [-0.39, 0.29) is 11.3 Å². The summed E-state index contributed by atoms with van der Waals surface area (Å²) in [6, 6.07) is 3.91. The first kappa shape index (κ1) is 14.6. The Labute approximate surface area is 124 Å². The Kier molecular flexibility index (Phi) is 4.07. The number of halogens is 2. The van der Waals surface area contributed by atoms with Crippen LogP contribution in [0, 0.1) is 11.6 Å². The molecule has 2 nitrogen and oxygen atoms in total. The Balaban J connectivity index is 1.96. The molecule has 1 heterocycles. The zero-order valence-electron chi connectivity index (χ0n) is 12.2. The minimum absolute atomic E-state index is 0.0810. The molecule has 21 heavy (non-hydrogen) atoms. The molecular weight excluding hydrogens is 272 g/mol. The third-order valence-electron chi connectivity index (χ3n) is 5.01. The lowest BCUT2D eigenvalue weighted by Gasteiger charge is -2.42. The van der Waals surface area contributed by atoms with E-state index < -0.39 is 17.2 Å². The van der Waals surface area contributed by atoms with Gasteiger partial charge in [-0.3, -0.25) is 9.69 Å². The van der Waals surface area contributed by atoms with Gasteiger partial charge in [0.25, 0.3) is 0 Å². The van der Waals surface area contributed by atoms with Crippen molar-refractivity contribution in [3.8, 4) is 0 Å². The first-order valence-electron chi connectivity index (χ1n) is 7.89. The lowest BCUT2D eigenvalue weighted by Crippen LogP contribution is -2.54. The Hall–Kier alpha value is -1.29. The van der Waals surface area contributed by atoms with Crippen LogP contribution in [0.15, 0.2) is 18.2 Å². The van der Waals surface area contributed by atoms with Crippen molar-refractivity contribution >= 4 is 5.78 Å². The third kappa shape index (κ3) is 2.50. The summed E-state index contributed by atoms with van der Waals surface area (Å²) in [5.74, 6) is -2.16. The molecule has 3 rings (SSSR count). The number of likely N-dealkylation sites (tertiary alicyclic amines) is 1. The zero-order chi connectivity index (χ0) is 14.9. The molecule has 2 fully saturated rings. The van der Waals surface area contributed by atoms with Crippen molar-refractivity contribution in [3.05, 3.63) is 35.4 Å². The van der Waals surface area contributed by atoms with Crippen molar-refractivity contribution in [3.63, 3.8) is 0 Å². The van der Waals surface area contributed by atoms with E-state index in [4.69, 9.17) is 0 Å². The first-order chi connectivity index (χ1) is 10.1. The Bertz CT molecular complexity index is 532. The van der Waals surface area contributed by atoms with Crippen LogP contribution in [0.4, 0.5) is 8.78 Å². The summed E-state index contributed by atoms with van der Waals surface area (Å²) in [5, 5.41) is 0. The molecule has 114 valence electrons. The average Bonchev–Trinajstić information content (AvgIpc) is 3.01. The highest BCUT2D eigenvalue weighted by Gasteiger charge is 2.47. The van der Waals surface area contributed by atoms with Crippen LogP contribution in [-0.2, 0) is 0 Å². The Morgan fingerprint density at radius 1 is 1.00 bits per heavy atom. The van der Waals surface area contributed by atoms with Crippen molar-refractivity contribution in [1.82, 2.24) is 4.90 Å². The van der Waals surface area contributed by atoms with Gasteiger partial charge in [-0.15, -0.1) is 0 Å². The van der Waals surface area contributed by atoms with Gasteiger partial charge in [-0.25, -0.2) is 8.78 Å². The first-order valence-corrected chi connectivity index (χ1v) is 7.89. The van der Waals surface area contributed by atoms with E-state index in [1.165, 1.54) is 18.6 Å². The Morgan fingerprint density at radius 3 is 2.33 bits per heavy atom. The summed E-state index contributed by atoms with van der Waals surface area (Å²) >= 11 is 0. The number of ketones is 1. The lowest BCUT2D eigenvalue weighted by atomic mass is 9.84. The number of benzene rings is 1. The van der Waals surface area contributed by atoms with Crippen molar-refractivity contribution in [2.45, 2.75) is 50.5 Å². The lowest BCUT2D eigenvalue weighted by molar-refractivity contribution is 0.0472. The summed E-state index contributed by atoms with van der Waals surface area (Å²) < 4.78 is 27.5. The van der Waals surface area contributed by atoms with Crippen molar-refractivity contribution in [1.29, 1.82) is 0 Å². The van der Waals surface area contributed by atoms with E-state index in [1.54, 1.807) is 0 Å². The SMILES string of the molecule is O=C(c1cccc(F)c1F)C1(N2CCCCC2)CCCC1. The highest BCUT2D eigenvalue weighted by molar-refractivity contribution is 6.03. The number of carbonyl (C=O) groups is 1. The second-order valence-electron chi connectivity index (χ2n) is 6.22. The third-order valence-corrected chi connectivity index (χ3v) is 5.01. The van der Waals surface area contributed by atoms with Crippen molar-refractivity contribution in [2.24, 2.45) is 0 Å². The van der Waals surface area contributed by atoms with Crippen LogP contribution >= 0.6 is 0 Å². The predicted octanol–water partition coefficient (Wildman–Crippen LogP) is 3.95. The summed E-state index contributed by atoms with van der Waals surface area (Å²) in [7, 11) is 0. The van der Waals surface area contributed by atoms with Gasteiger partial charge in [-0.1, -0.05) is 25.3 Å². The molecule has 1 aromatic rings. The van der Waals surface area contributed by atoms with Gasteiger partial charge in [0.15, 0.2) is 17.4 Å². The molecule has 0 atom stereocenters. The molecule has 1 aliphatic carbocycles. The number of Topliss-reactive ketones (excluding diaryl/α,β-unsaturated/α-hetero) is 1. The summed E-state index contributed by atoms with van der Waals surface area (Å²) in [5.41, 5.74) is -0.683. The summed E-state index contributed by atoms with van der Waals surface area (Å²) in [6.07, 6.45) is 6.86. The van der Waals surface area contributed by atoms with Gasteiger partial charge in [-0.05, 0) is 50.9 Å². The summed E-state index contributed by atoms with van der Waals surface area (Å²) in [4.78, 5) is 15.2. The molecule has 1 saturated carbocycles. The van der Waals surface area contributed by atoms with Gasteiger partial charge < -0.3 is 0 Å². The predicted molar refractivity (Wildman–Crippen MR) is 77.3 cm³/mol. The number of nitrogens with zero attached hydrogens (tertiary/aromatic N) is 1. The number of piperidine rings is 1. The largest absolute Gasteiger partial charge is 0.292 e. The second kappa shape index (κ2) is 5.84. The van der Waals surface area contributed by atoms with Crippen molar-refractivity contribution in [2.75, 3.05) is 13.1 Å². The average molecular weight is 293 g/mol. The van der Waals surface area contributed by atoms with Gasteiger partial charge in [0.1, 0.15) is 0 Å². The normalized spacial score (nSPS) is 22.4. The number of rotatable bonds is 3. The number of hydrogen-bond donors (Lipinski definition) is 0. The van der Waals surface area contributed by atoms with E-state index in [2.05, 4.69) is 4.90 Å². The van der Waals surface area contributed by atoms with Gasteiger partial charge in [0.2, 0.25) is 0 Å². The van der Waals surface area contributed by atoms with Crippen LogP contribution < -0.4 is 0 Å². The molecule has 0 radical (unpaired) electrons. The maximum Gasteiger partial charge on any atom is 0.186 e. The molecule has 0 bridgehead atoms. The minimum atomic E-state index is -0.995. The number of hydrogen-bond acceptors (Lipinski definition) is 2. The fourth-order valence-electron chi connectivity index (χ4n) is 3.90. The Morgan fingerprint density at radius 2 is 1.67 bits per heavy atom. The maximum atomic E-state index is 14.0. The number of carbonyl (C=O) groups excluding carboxylic acids is 1. The smallest absolute Gasteiger partial charge is 0.186 e. The van der Waals surface area contributed by atoms with Crippen molar-refractivity contribution < 1.29 is 13.6 Å². The van der Waals surface area contributed by atoms with Crippen LogP contribution in [0.3, 0.4) is 0 Å². The van der Waals surface area contributed by atoms with Crippen LogP contribution in [0.25, 0.3) is 0 Å². The maximum absolute atomic E-state index is 14.0. The molecule has 0 N–H and O–H groups in total. The van der Waals surface area contributed by atoms with Gasteiger partial charge in [0.05, 0.1) is 11.1 Å². The van der Waals surface area contributed by atoms with Crippen LogP contribution in [0.2, 0.25) is 0 Å². The molecule has 2 aliphatic rings. The van der Waals surface area contributed by atoms with E-state index in [9.17, 15) is 13.6 Å².